The number of esters is 1. The van der Waals surface area contributed by atoms with Crippen LogP contribution in [0.5, 0.6) is 0 Å². The van der Waals surface area contributed by atoms with Gasteiger partial charge in [-0.15, -0.1) is 21.5 Å². The fourth-order valence-electron chi connectivity index (χ4n) is 4.79. The summed E-state index contributed by atoms with van der Waals surface area (Å²) >= 11 is 4.04. The highest BCUT2D eigenvalue weighted by Gasteiger charge is 2.28. The number of amides is 2. The van der Waals surface area contributed by atoms with Gasteiger partial charge in [-0.2, -0.15) is 0 Å². The summed E-state index contributed by atoms with van der Waals surface area (Å²) in [5.74, 6) is 0.0481. The van der Waals surface area contributed by atoms with Crippen molar-refractivity contribution in [1.82, 2.24) is 10.2 Å². The van der Waals surface area contributed by atoms with Crippen molar-refractivity contribution < 1.29 is 19.1 Å². The van der Waals surface area contributed by atoms with Crippen molar-refractivity contribution in [1.29, 1.82) is 0 Å². The molecule has 0 aromatic carbocycles. The van der Waals surface area contributed by atoms with Gasteiger partial charge in [-0.1, -0.05) is 55.2 Å². The molecular weight excluding hydrogens is 517 g/mol. The van der Waals surface area contributed by atoms with Gasteiger partial charge in [-0.3, -0.25) is 9.59 Å². The van der Waals surface area contributed by atoms with Crippen molar-refractivity contribution in [2.45, 2.75) is 94.1 Å². The van der Waals surface area contributed by atoms with E-state index in [0.29, 0.717) is 39.0 Å². The zero-order chi connectivity index (χ0) is 25.5. The highest BCUT2D eigenvalue weighted by atomic mass is 32.2. The zero-order valence-corrected chi connectivity index (χ0v) is 23.3. The largest absolute Gasteiger partial charge is 0.462 e. The van der Waals surface area contributed by atoms with Crippen molar-refractivity contribution in [2.75, 3.05) is 17.2 Å². The number of hydrogen-bond acceptors (Lipinski definition) is 9. The summed E-state index contributed by atoms with van der Waals surface area (Å²) in [7, 11) is 0. The van der Waals surface area contributed by atoms with Crippen LogP contribution in [0.2, 0.25) is 0 Å². The van der Waals surface area contributed by atoms with E-state index in [9.17, 15) is 14.4 Å². The maximum atomic E-state index is 13.0. The van der Waals surface area contributed by atoms with Gasteiger partial charge in [-0.05, 0) is 57.4 Å². The quantitative estimate of drug-likeness (QED) is 0.160. The second-order valence-electron chi connectivity index (χ2n) is 9.35. The summed E-state index contributed by atoms with van der Waals surface area (Å²) in [5.41, 5.74) is 1.55. The number of thioether (sulfide) groups is 1. The van der Waals surface area contributed by atoms with Crippen LogP contribution in [-0.4, -0.2) is 39.8 Å². The van der Waals surface area contributed by atoms with Crippen LogP contribution in [0.3, 0.4) is 0 Å². The number of nitrogens with one attached hydrogen (secondary N) is 2. The molecule has 2 aliphatic carbocycles. The number of ether oxygens (including phenoxy) is 1. The zero-order valence-electron chi connectivity index (χ0n) is 20.9. The molecule has 2 aromatic rings. The SMILES string of the molecule is CCOC(=O)c1c(NC(=O)C(C)Sc2nnc(NC(=O)CCC3CCCC3)s2)sc2c1CCCCC2. The highest BCUT2D eigenvalue weighted by Crippen LogP contribution is 2.39. The Hall–Kier alpha value is -1.98. The third-order valence-electron chi connectivity index (χ3n) is 6.69. The number of carbonyl (C=O) groups excluding carboxylic acids is 3. The number of rotatable bonds is 10. The van der Waals surface area contributed by atoms with Crippen LogP contribution in [-0.2, 0) is 27.2 Å². The first kappa shape index (κ1) is 27.1. The normalized spacial score (nSPS) is 16.7. The van der Waals surface area contributed by atoms with E-state index in [1.807, 2.05) is 0 Å². The van der Waals surface area contributed by atoms with E-state index in [1.54, 1.807) is 13.8 Å². The standard InChI is InChI=1S/C25H34N4O4S3/c1-3-33-23(32)20-17-11-5-4-6-12-18(17)35-22(20)27-21(31)15(2)34-25-29-28-24(36-25)26-19(30)14-13-16-9-7-8-10-16/h15-16H,3-14H2,1-2H3,(H,27,31)(H,26,28,30). The number of aromatic nitrogens is 2. The lowest BCUT2D eigenvalue weighted by Gasteiger charge is -2.11. The predicted octanol–water partition coefficient (Wildman–Crippen LogP) is 6.07. The minimum Gasteiger partial charge on any atom is -0.462 e. The van der Waals surface area contributed by atoms with E-state index >= 15 is 0 Å². The molecule has 0 spiro atoms. The molecule has 1 atom stereocenters. The molecule has 2 N–H and O–H groups in total. The third kappa shape index (κ3) is 7.07. The molecule has 2 amide bonds. The van der Waals surface area contributed by atoms with Crippen molar-refractivity contribution in [3.05, 3.63) is 16.0 Å². The lowest BCUT2D eigenvalue weighted by Crippen LogP contribution is -2.23. The van der Waals surface area contributed by atoms with Crippen LogP contribution in [0.4, 0.5) is 10.1 Å². The molecule has 196 valence electrons. The highest BCUT2D eigenvalue weighted by molar-refractivity contribution is 8.02. The number of carbonyl (C=O) groups is 3. The van der Waals surface area contributed by atoms with Gasteiger partial charge in [0.15, 0.2) is 4.34 Å². The van der Waals surface area contributed by atoms with Crippen molar-refractivity contribution >= 4 is 62.4 Å². The number of fused-ring (bicyclic) bond motifs is 1. The maximum absolute atomic E-state index is 13.0. The van der Waals surface area contributed by atoms with Gasteiger partial charge in [0, 0.05) is 11.3 Å². The van der Waals surface area contributed by atoms with Gasteiger partial charge in [0.05, 0.1) is 17.4 Å². The first-order chi connectivity index (χ1) is 17.4. The molecule has 1 fully saturated rings. The number of aryl methyl sites for hydroxylation is 1. The second-order valence-corrected chi connectivity index (χ2v) is 13.0. The van der Waals surface area contributed by atoms with Crippen LogP contribution in [0, 0.1) is 5.92 Å². The molecule has 0 aliphatic heterocycles. The Kier molecular flexibility index (Phi) is 9.78. The minimum absolute atomic E-state index is 0.0376. The fourth-order valence-corrected chi connectivity index (χ4v) is 7.98. The Labute approximate surface area is 224 Å². The number of nitrogens with zero attached hydrogens (tertiary/aromatic N) is 2. The molecule has 0 radical (unpaired) electrons. The van der Waals surface area contributed by atoms with Crippen LogP contribution >= 0.6 is 34.4 Å². The van der Waals surface area contributed by atoms with Crippen LogP contribution < -0.4 is 10.6 Å². The average molecular weight is 551 g/mol. The maximum Gasteiger partial charge on any atom is 0.341 e. The van der Waals surface area contributed by atoms with E-state index in [1.165, 1.54) is 65.0 Å². The second kappa shape index (κ2) is 13.0. The number of anilines is 2. The average Bonchev–Trinajstić information content (AvgIpc) is 3.56. The molecule has 8 nitrogen and oxygen atoms in total. The van der Waals surface area contributed by atoms with Crippen LogP contribution in [0.25, 0.3) is 0 Å². The molecule has 0 bridgehead atoms. The third-order valence-corrected chi connectivity index (χ3v) is 9.92. The van der Waals surface area contributed by atoms with Gasteiger partial charge >= 0.3 is 5.97 Å². The minimum atomic E-state index is -0.458. The first-order valence-corrected chi connectivity index (χ1v) is 15.4. The molecule has 2 aromatic heterocycles. The van der Waals surface area contributed by atoms with E-state index in [-0.39, 0.29) is 17.8 Å². The monoisotopic (exact) mass is 550 g/mol. The van der Waals surface area contributed by atoms with E-state index < -0.39 is 5.25 Å². The van der Waals surface area contributed by atoms with Gasteiger partial charge in [0.25, 0.3) is 0 Å². The molecule has 1 saturated carbocycles. The number of thiophene rings is 1. The van der Waals surface area contributed by atoms with E-state index in [0.717, 1.165) is 44.1 Å². The fraction of sp³-hybridized carbons (Fsp3) is 0.640. The Balaban J connectivity index is 1.34. The Morgan fingerprint density at radius 3 is 2.61 bits per heavy atom. The summed E-state index contributed by atoms with van der Waals surface area (Å²) in [6.07, 6.45) is 11.4. The smallest absolute Gasteiger partial charge is 0.341 e. The van der Waals surface area contributed by atoms with Gasteiger partial charge in [0.2, 0.25) is 16.9 Å². The molecular formula is C25H34N4O4S3. The van der Waals surface area contributed by atoms with E-state index in [4.69, 9.17) is 4.74 Å². The summed E-state index contributed by atoms with van der Waals surface area (Å²) in [6, 6.07) is 0. The molecule has 11 heteroatoms. The summed E-state index contributed by atoms with van der Waals surface area (Å²) in [6.45, 7) is 3.87. The van der Waals surface area contributed by atoms with Gasteiger partial charge < -0.3 is 15.4 Å². The summed E-state index contributed by atoms with van der Waals surface area (Å²) < 4.78 is 5.92. The lowest BCUT2D eigenvalue weighted by atomic mass is 10.0. The Morgan fingerprint density at radius 1 is 1.06 bits per heavy atom. The summed E-state index contributed by atoms with van der Waals surface area (Å²) in [5, 5.41) is 14.6. The van der Waals surface area contributed by atoms with Crippen LogP contribution in [0.1, 0.15) is 92.4 Å². The molecule has 1 unspecified atom stereocenters. The van der Waals surface area contributed by atoms with Crippen LogP contribution in [0.15, 0.2) is 4.34 Å². The van der Waals surface area contributed by atoms with Gasteiger partial charge in [0.1, 0.15) is 5.00 Å². The Morgan fingerprint density at radius 2 is 1.83 bits per heavy atom. The van der Waals surface area contributed by atoms with Crippen molar-refractivity contribution in [3.63, 3.8) is 0 Å². The van der Waals surface area contributed by atoms with Crippen molar-refractivity contribution in [2.24, 2.45) is 5.92 Å². The van der Waals surface area contributed by atoms with E-state index in [2.05, 4.69) is 20.8 Å². The number of hydrogen-bond donors (Lipinski definition) is 2. The predicted molar refractivity (Wildman–Crippen MR) is 145 cm³/mol. The molecule has 2 heterocycles. The molecule has 36 heavy (non-hydrogen) atoms. The lowest BCUT2D eigenvalue weighted by molar-refractivity contribution is -0.116. The molecule has 4 rings (SSSR count). The van der Waals surface area contributed by atoms with Gasteiger partial charge in [-0.25, -0.2) is 4.79 Å². The molecule has 0 saturated heterocycles. The van der Waals surface area contributed by atoms with Crippen molar-refractivity contribution in [3.8, 4) is 0 Å². The summed E-state index contributed by atoms with van der Waals surface area (Å²) in [4.78, 5) is 39.2. The topological polar surface area (TPSA) is 110 Å². The molecule has 2 aliphatic rings. The first-order valence-electron chi connectivity index (χ1n) is 12.9. The Bertz CT molecular complexity index is 1080.